The number of halogens is 1. The Morgan fingerprint density at radius 1 is 1.45 bits per heavy atom. The van der Waals surface area contributed by atoms with Gasteiger partial charge < -0.3 is 5.32 Å². The highest BCUT2D eigenvalue weighted by Crippen LogP contribution is 2.20. The summed E-state index contributed by atoms with van der Waals surface area (Å²) in [6.07, 6.45) is 0. The van der Waals surface area contributed by atoms with E-state index in [0.29, 0.717) is 0 Å². The van der Waals surface area contributed by atoms with E-state index >= 15 is 0 Å². The lowest BCUT2D eigenvalue weighted by Crippen LogP contribution is -2.18. The third-order valence-corrected chi connectivity index (χ3v) is 2.63. The monoisotopic (exact) mass is 272 g/mol. The van der Waals surface area contributed by atoms with E-state index in [2.05, 4.69) is 15.5 Å². The number of rotatable bonds is 2. The van der Waals surface area contributed by atoms with E-state index < -0.39 is 17.3 Å². The fourth-order valence-corrected chi connectivity index (χ4v) is 1.53. The first-order valence-corrected chi connectivity index (χ1v) is 5.58. The quantitative estimate of drug-likeness (QED) is 0.861. The van der Waals surface area contributed by atoms with Gasteiger partial charge in [0.1, 0.15) is 11.5 Å². The van der Waals surface area contributed by atoms with E-state index in [0.717, 1.165) is 12.1 Å². The van der Waals surface area contributed by atoms with Crippen molar-refractivity contribution in [3.63, 3.8) is 0 Å². The highest BCUT2D eigenvalue weighted by Gasteiger charge is 2.12. The van der Waals surface area contributed by atoms with Crippen LogP contribution in [0.2, 0.25) is 0 Å². The first kappa shape index (κ1) is 13.4. The Hall–Kier alpha value is -3.01. The molecule has 0 fully saturated rings. The largest absolute Gasteiger partial charge is 0.320 e. The average molecular weight is 272 g/mol. The van der Waals surface area contributed by atoms with Crippen LogP contribution in [0.1, 0.15) is 21.6 Å². The molecule has 1 aromatic heterocycles. The standard InChI is InChI=1S/C13H9FN4O2/c1-7-9(14)4-8(6-15)5-11(7)16-13(20)10-2-3-12(19)18-17-10/h2-5H,1H3,(H,16,20)(H,18,19). The van der Waals surface area contributed by atoms with Gasteiger partial charge in [0.2, 0.25) is 0 Å². The van der Waals surface area contributed by atoms with Gasteiger partial charge >= 0.3 is 0 Å². The molecular formula is C13H9FN4O2. The van der Waals surface area contributed by atoms with Crippen molar-refractivity contribution in [2.24, 2.45) is 0 Å². The van der Waals surface area contributed by atoms with Gasteiger partial charge in [-0.15, -0.1) is 0 Å². The number of carbonyl (C=O) groups excluding carboxylic acids is 1. The number of nitrogens with one attached hydrogen (secondary N) is 2. The van der Waals surface area contributed by atoms with Crippen LogP contribution in [0.3, 0.4) is 0 Å². The molecule has 6 nitrogen and oxygen atoms in total. The van der Waals surface area contributed by atoms with E-state index in [-0.39, 0.29) is 22.5 Å². The van der Waals surface area contributed by atoms with Gasteiger partial charge in [0.15, 0.2) is 0 Å². The molecule has 0 spiro atoms. The molecule has 0 unspecified atom stereocenters. The Kier molecular flexibility index (Phi) is 3.57. The molecule has 0 bridgehead atoms. The van der Waals surface area contributed by atoms with Gasteiger partial charge in [-0.2, -0.15) is 10.4 Å². The van der Waals surface area contributed by atoms with Crippen molar-refractivity contribution >= 4 is 11.6 Å². The summed E-state index contributed by atoms with van der Waals surface area (Å²) >= 11 is 0. The van der Waals surface area contributed by atoms with Crippen molar-refractivity contribution in [1.82, 2.24) is 10.2 Å². The van der Waals surface area contributed by atoms with Gasteiger partial charge in [-0.25, -0.2) is 9.49 Å². The second kappa shape index (κ2) is 5.32. The number of hydrogen-bond acceptors (Lipinski definition) is 4. The molecule has 0 saturated carbocycles. The van der Waals surface area contributed by atoms with Crippen LogP contribution < -0.4 is 10.9 Å². The van der Waals surface area contributed by atoms with E-state index in [1.54, 1.807) is 6.07 Å². The molecule has 2 rings (SSSR count). The molecule has 20 heavy (non-hydrogen) atoms. The van der Waals surface area contributed by atoms with Crippen LogP contribution in [-0.4, -0.2) is 16.1 Å². The second-order valence-electron chi connectivity index (χ2n) is 4.00. The molecule has 7 heteroatoms. The number of amides is 1. The van der Waals surface area contributed by atoms with Gasteiger partial charge in [-0.1, -0.05) is 0 Å². The van der Waals surface area contributed by atoms with Crippen molar-refractivity contribution in [2.45, 2.75) is 6.92 Å². The maximum Gasteiger partial charge on any atom is 0.276 e. The molecule has 0 atom stereocenters. The number of nitrogens with zero attached hydrogens (tertiary/aromatic N) is 2. The van der Waals surface area contributed by atoms with E-state index in [1.165, 1.54) is 19.1 Å². The number of aromatic amines is 1. The Morgan fingerprint density at radius 2 is 2.20 bits per heavy atom. The molecule has 1 aromatic carbocycles. The van der Waals surface area contributed by atoms with E-state index in [4.69, 9.17) is 5.26 Å². The molecule has 2 aromatic rings. The minimum atomic E-state index is -0.612. The maximum absolute atomic E-state index is 13.6. The first-order valence-electron chi connectivity index (χ1n) is 5.58. The van der Waals surface area contributed by atoms with Crippen LogP contribution in [0.25, 0.3) is 0 Å². The third-order valence-electron chi connectivity index (χ3n) is 2.63. The Balaban J connectivity index is 2.32. The summed E-state index contributed by atoms with van der Waals surface area (Å²) in [5, 5.41) is 16.9. The molecule has 0 radical (unpaired) electrons. The molecule has 1 heterocycles. The van der Waals surface area contributed by atoms with Gasteiger partial charge in [-0.3, -0.25) is 9.59 Å². The Bertz CT molecular complexity index is 756. The fourth-order valence-electron chi connectivity index (χ4n) is 1.53. The van der Waals surface area contributed by atoms with Crippen LogP contribution in [0.4, 0.5) is 10.1 Å². The summed E-state index contributed by atoms with van der Waals surface area (Å²) in [4.78, 5) is 22.7. The number of benzene rings is 1. The lowest BCUT2D eigenvalue weighted by molar-refractivity contribution is 0.102. The zero-order valence-corrected chi connectivity index (χ0v) is 10.4. The lowest BCUT2D eigenvalue weighted by atomic mass is 10.1. The van der Waals surface area contributed by atoms with Crippen LogP contribution in [-0.2, 0) is 0 Å². The molecule has 100 valence electrons. The van der Waals surface area contributed by atoms with Crippen LogP contribution in [0.5, 0.6) is 0 Å². The molecule has 0 aliphatic rings. The van der Waals surface area contributed by atoms with Crippen molar-refractivity contribution < 1.29 is 9.18 Å². The lowest BCUT2D eigenvalue weighted by Gasteiger charge is -2.09. The van der Waals surface area contributed by atoms with Gasteiger partial charge in [0.05, 0.1) is 11.6 Å². The smallest absolute Gasteiger partial charge is 0.276 e. The fraction of sp³-hybridized carbons (Fsp3) is 0.0769. The zero-order valence-electron chi connectivity index (χ0n) is 10.4. The summed E-state index contributed by atoms with van der Waals surface area (Å²) in [6, 6.07) is 6.65. The van der Waals surface area contributed by atoms with E-state index in [1.807, 2.05) is 0 Å². The molecule has 0 saturated heterocycles. The number of aromatic nitrogens is 2. The zero-order chi connectivity index (χ0) is 14.7. The predicted molar refractivity (Wildman–Crippen MR) is 68.7 cm³/mol. The minimum absolute atomic E-state index is 0.0215. The van der Waals surface area contributed by atoms with Crippen LogP contribution >= 0.6 is 0 Å². The van der Waals surface area contributed by atoms with Gasteiger partial charge in [0.25, 0.3) is 11.5 Å². The number of hydrogen-bond donors (Lipinski definition) is 2. The predicted octanol–water partition coefficient (Wildman–Crippen LogP) is 1.34. The Labute approximate surface area is 112 Å². The van der Waals surface area contributed by atoms with Crippen molar-refractivity contribution in [3.05, 3.63) is 57.3 Å². The number of H-pyrrole nitrogens is 1. The van der Waals surface area contributed by atoms with Crippen molar-refractivity contribution in [3.8, 4) is 6.07 Å². The highest BCUT2D eigenvalue weighted by molar-refractivity contribution is 6.03. The number of carbonyl (C=O) groups is 1. The third kappa shape index (κ3) is 2.70. The van der Waals surface area contributed by atoms with Gasteiger partial charge in [-0.05, 0) is 25.1 Å². The summed E-state index contributed by atoms with van der Waals surface area (Å²) in [7, 11) is 0. The van der Waals surface area contributed by atoms with Crippen molar-refractivity contribution in [1.29, 1.82) is 5.26 Å². The molecule has 0 aliphatic carbocycles. The van der Waals surface area contributed by atoms with Crippen LogP contribution in [0, 0.1) is 24.1 Å². The molecule has 1 amide bonds. The normalized spacial score (nSPS) is 9.85. The summed E-state index contributed by atoms with van der Waals surface area (Å²) < 4.78 is 13.6. The highest BCUT2D eigenvalue weighted by atomic mass is 19.1. The number of nitriles is 1. The van der Waals surface area contributed by atoms with Crippen LogP contribution in [0.15, 0.2) is 29.1 Å². The minimum Gasteiger partial charge on any atom is -0.320 e. The summed E-state index contributed by atoms with van der Waals surface area (Å²) in [5.74, 6) is -1.20. The summed E-state index contributed by atoms with van der Waals surface area (Å²) in [5.41, 5.74) is 0.0289. The molecule has 0 aliphatic heterocycles. The molecular weight excluding hydrogens is 263 g/mol. The average Bonchev–Trinajstić information content (AvgIpc) is 2.44. The Morgan fingerprint density at radius 3 is 2.80 bits per heavy atom. The van der Waals surface area contributed by atoms with Crippen molar-refractivity contribution in [2.75, 3.05) is 5.32 Å². The number of anilines is 1. The van der Waals surface area contributed by atoms with E-state index in [9.17, 15) is 14.0 Å². The topological polar surface area (TPSA) is 98.6 Å². The first-order chi connectivity index (χ1) is 9.51. The summed E-state index contributed by atoms with van der Waals surface area (Å²) in [6.45, 7) is 1.48. The SMILES string of the molecule is Cc1c(F)cc(C#N)cc1NC(=O)c1ccc(=O)[nH]n1. The maximum atomic E-state index is 13.6. The molecule has 2 N–H and O–H groups in total. The second-order valence-corrected chi connectivity index (χ2v) is 4.00. The van der Waals surface area contributed by atoms with Gasteiger partial charge in [0, 0.05) is 17.3 Å².